The summed E-state index contributed by atoms with van der Waals surface area (Å²) in [5.41, 5.74) is 1.25. The van der Waals surface area contributed by atoms with Crippen LogP contribution < -0.4 is 10.6 Å². The summed E-state index contributed by atoms with van der Waals surface area (Å²) in [6, 6.07) is 9.19. The van der Waals surface area contributed by atoms with E-state index in [1.807, 2.05) is 13.8 Å². The van der Waals surface area contributed by atoms with Gasteiger partial charge in [-0.1, -0.05) is 33.1 Å². The van der Waals surface area contributed by atoms with Crippen LogP contribution in [-0.4, -0.2) is 17.9 Å². The fourth-order valence-electron chi connectivity index (χ4n) is 3.25. The Labute approximate surface area is 156 Å². The Balaban J connectivity index is 1.73. The molecule has 2 atom stereocenters. The second-order valence-electron chi connectivity index (χ2n) is 7.40. The van der Waals surface area contributed by atoms with Crippen LogP contribution in [0.25, 0.3) is 0 Å². The molecule has 1 saturated carbocycles. The SMILES string of the molecule is CC(CCC(C)C(=O)NC1CCCCC1)C(=O)Nc1ccc(C#N)cc1. The number of hydrogen-bond acceptors (Lipinski definition) is 3. The van der Waals surface area contributed by atoms with E-state index in [0.29, 0.717) is 30.1 Å². The van der Waals surface area contributed by atoms with Crippen molar-refractivity contribution in [1.29, 1.82) is 5.26 Å². The number of anilines is 1. The highest BCUT2D eigenvalue weighted by atomic mass is 16.2. The first kappa shape index (κ1) is 20.0. The molecule has 140 valence electrons. The van der Waals surface area contributed by atoms with Gasteiger partial charge in [0.05, 0.1) is 11.6 Å². The van der Waals surface area contributed by atoms with Crippen LogP contribution in [0.2, 0.25) is 0 Å². The van der Waals surface area contributed by atoms with Gasteiger partial charge in [-0.3, -0.25) is 9.59 Å². The largest absolute Gasteiger partial charge is 0.353 e. The van der Waals surface area contributed by atoms with Gasteiger partial charge in [-0.25, -0.2) is 0 Å². The summed E-state index contributed by atoms with van der Waals surface area (Å²) in [6.45, 7) is 3.81. The molecule has 0 aliphatic heterocycles. The Morgan fingerprint density at radius 1 is 1.04 bits per heavy atom. The van der Waals surface area contributed by atoms with Crippen LogP contribution in [0, 0.1) is 23.2 Å². The van der Waals surface area contributed by atoms with Gasteiger partial charge in [0, 0.05) is 23.6 Å². The third-order valence-electron chi connectivity index (χ3n) is 5.16. The summed E-state index contributed by atoms with van der Waals surface area (Å²) in [4.78, 5) is 24.6. The molecule has 1 fully saturated rings. The van der Waals surface area contributed by atoms with E-state index in [-0.39, 0.29) is 23.7 Å². The van der Waals surface area contributed by atoms with Crippen molar-refractivity contribution in [3.8, 4) is 6.07 Å². The number of rotatable bonds is 7. The molecule has 1 aromatic rings. The average molecular weight is 355 g/mol. The van der Waals surface area contributed by atoms with Gasteiger partial charge in [0.15, 0.2) is 0 Å². The van der Waals surface area contributed by atoms with Crippen molar-refractivity contribution < 1.29 is 9.59 Å². The second-order valence-corrected chi connectivity index (χ2v) is 7.40. The highest BCUT2D eigenvalue weighted by Crippen LogP contribution is 2.19. The van der Waals surface area contributed by atoms with Crippen LogP contribution in [-0.2, 0) is 9.59 Å². The van der Waals surface area contributed by atoms with Gasteiger partial charge in [-0.2, -0.15) is 5.26 Å². The standard InChI is InChI=1S/C21H29N3O2/c1-15(20(25)23-18-6-4-3-5-7-18)8-9-16(2)21(26)24-19-12-10-17(14-22)11-13-19/h10-13,15-16,18H,3-9H2,1-2H3,(H,23,25)(H,24,26). The third kappa shape index (κ3) is 6.18. The monoisotopic (exact) mass is 355 g/mol. The molecule has 0 aromatic heterocycles. The van der Waals surface area contributed by atoms with E-state index >= 15 is 0 Å². The van der Waals surface area contributed by atoms with Gasteiger partial charge >= 0.3 is 0 Å². The molecular formula is C21H29N3O2. The van der Waals surface area contributed by atoms with Crippen molar-refractivity contribution in [2.75, 3.05) is 5.32 Å². The van der Waals surface area contributed by atoms with Crippen LogP contribution in [0.5, 0.6) is 0 Å². The quantitative estimate of drug-likeness (QED) is 0.775. The maximum Gasteiger partial charge on any atom is 0.227 e. The first-order chi connectivity index (χ1) is 12.5. The molecule has 26 heavy (non-hydrogen) atoms. The lowest BCUT2D eigenvalue weighted by atomic mass is 9.93. The van der Waals surface area contributed by atoms with E-state index in [1.54, 1.807) is 24.3 Å². The van der Waals surface area contributed by atoms with Gasteiger partial charge in [-0.05, 0) is 49.9 Å². The van der Waals surface area contributed by atoms with Crippen molar-refractivity contribution >= 4 is 17.5 Å². The summed E-state index contributed by atoms with van der Waals surface area (Å²) < 4.78 is 0. The number of nitrogens with zero attached hydrogens (tertiary/aromatic N) is 1. The Bertz CT molecular complexity index is 642. The summed E-state index contributed by atoms with van der Waals surface area (Å²) in [7, 11) is 0. The molecule has 5 heteroatoms. The lowest BCUT2D eigenvalue weighted by Gasteiger charge is -2.24. The highest BCUT2D eigenvalue weighted by molar-refractivity contribution is 5.92. The number of carbonyl (C=O) groups excluding carboxylic acids is 2. The molecule has 1 aliphatic rings. The van der Waals surface area contributed by atoms with E-state index in [1.165, 1.54) is 19.3 Å². The Kier molecular flexibility index (Phi) is 7.65. The topological polar surface area (TPSA) is 82.0 Å². The van der Waals surface area contributed by atoms with Gasteiger partial charge < -0.3 is 10.6 Å². The van der Waals surface area contributed by atoms with E-state index < -0.39 is 0 Å². The average Bonchev–Trinajstić information content (AvgIpc) is 2.67. The van der Waals surface area contributed by atoms with Crippen LogP contribution >= 0.6 is 0 Å². The number of benzene rings is 1. The van der Waals surface area contributed by atoms with Crippen molar-refractivity contribution in [2.24, 2.45) is 11.8 Å². The molecule has 5 nitrogen and oxygen atoms in total. The third-order valence-corrected chi connectivity index (χ3v) is 5.16. The minimum atomic E-state index is -0.171. The molecule has 1 aromatic carbocycles. The molecule has 2 rings (SSSR count). The van der Waals surface area contributed by atoms with Crippen molar-refractivity contribution in [2.45, 2.75) is 64.8 Å². The zero-order chi connectivity index (χ0) is 18.9. The zero-order valence-corrected chi connectivity index (χ0v) is 15.8. The van der Waals surface area contributed by atoms with E-state index in [4.69, 9.17) is 5.26 Å². The van der Waals surface area contributed by atoms with Crippen molar-refractivity contribution in [3.63, 3.8) is 0 Å². The molecule has 2 N–H and O–H groups in total. The first-order valence-corrected chi connectivity index (χ1v) is 9.61. The van der Waals surface area contributed by atoms with Gasteiger partial charge in [0.2, 0.25) is 11.8 Å². The lowest BCUT2D eigenvalue weighted by molar-refractivity contribution is -0.126. The first-order valence-electron chi connectivity index (χ1n) is 9.61. The van der Waals surface area contributed by atoms with E-state index in [9.17, 15) is 9.59 Å². The predicted molar refractivity (Wildman–Crippen MR) is 102 cm³/mol. The van der Waals surface area contributed by atoms with Crippen molar-refractivity contribution in [3.05, 3.63) is 29.8 Å². The van der Waals surface area contributed by atoms with Gasteiger partial charge in [0.25, 0.3) is 0 Å². The summed E-state index contributed by atoms with van der Waals surface area (Å²) in [5, 5.41) is 14.8. The maximum absolute atomic E-state index is 12.3. The van der Waals surface area contributed by atoms with Crippen LogP contribution in [0.15, 0.2) is 24.3 Å². The molecule has 0 saturated heterocycles. The number of amides is 2. The fraction of sp³-hybridized carbons (Fsp3) is 0.571. The number of carbonyl (C=O) groups is 2. The molecule has 0 heterocycles. The molecule has 2 unspecified atom stereocenters. The zero-order valence-electron chi connectivity index (χ0n) is 15.8. The molecular weight excluding hydrogens is 326 g/mol. The van der Waals surface area contributed by atoms with Gasteiger partial charge in [0.1, 0.15) is 0 Å². The molecule has 1 aliphatic carbocycles. The van der Waals surface area contributed by atoms with E-state index in [2.05, 4.69) is 16.7 Å². The molecule has 0 bridgehead atoms. The predicted octanol–water partition coefficient (Wildman–Crippen LogP) is 4.00. The fourth-order valence-corrected chi connectivity index (χ4v) is 3.25. The number of nitrogens with one attached hydrogen (secondary N) is 2. The minimum Gasteiger partial charge on any atom is -0.353 e. The maximum atomic E-state index is 12.3. The normalized spacial score (nSPS) is 17.0. The second kappa shape index (κ2) is 9.96. The van der Waals surface area contributed by atoms with Crippen LogP contribution in [0.3, 0.4) is 0 Å². The van der Waals surface area contributed by atoms with E-state index in [0.717, 1.165) is 12.8 Å². The number of hydrogen-bond donors (Lipinski definition) is 2. The van der Waals surface area contributed by atoms with Crippen molar-refractivity contribution in [1.82, 2.24) is 5.32 Å². The Hall–Kier alpha value is -2.35. The van der Waals surface area contributed by atoms with Gasteiger partial charge in [-0.15, -0.1) is 0 Å². The van der Waals surface area contributed by atoms with Crippen LogP contribution in [0.1, 0.15) is 64.4 Å². The Morgan fingerprint density at radius 2 is 1.62 bits per heavy atom. The molecule has 2 amide bonds. The highest BCUT2D eigenvalue weighted by Gasteiger charge is 2.21. The summed E-state index contributed by atoms with van der Waals surface area (Å²) >= 11 is 0. The summed E-state index contributed by atoms with van der Waals surface area (Å²) in [6.07, 6.45) is 7.21. The number of nitriles is 1. The molecule has 0 radical (unpaired) electrons. The minimum absolute atomic E-state index is 0.0606. The summed E-state index contributed by atoms with van der Waals surface area (Å²) in [5.74, 6) is -0.205. The van der Waals surface area contributed by atoms with Crippen LogP contribution in [0.4, 0.5) is 5.69 Å². The smallest absolute Gasteiger partial charge is 0.227 e. The molecule has 0 spiro atoms. The lowest BCUT2D eigenvalue weighted by Crippen LogP contribution is -2.39. The Morgan fingerprint density at radius 3 is 2.19 bits per heavy atom.